The molecular weight excluding hydrogens is 518 g/mol. The molecule has 0 aliphatic carbocycles. The Kier molecular flexibility index (Phi) is 11.1. The van der Waals surface area contributed by atoms with Gasteiger partial charge >= 0.3 is 0 Å². The highest BCUT2D eigenvalue weighted by molar-refractivity contribution is 7.92. The molecule has 2 aromatic carbocycles. The van der Waals surface area contributed by atoms with Gasteiger partial charge in [-0.1, -0.05) is 44.5 Å². The standard InChI is InChI=1S/C26H36ClN3O6S/c1-7-23(26(32)28-15-18(2)3)29(16-19-9-8-10-21(13-19)35-4)25(31)17-30(37(6,33)34)20-11-12-24(36-5)22(27)14-20/h8-14,18,23H,7,15-17H2,1-6H3,(H,28,32)/t23-/m0/s1. The third-order valence-corrected chi connectivity index (χ3v) is 7.10. The summed E-state index contributed by atoms with van der Waals surface area (Å²) in [6, 6.07) is 10.8. The quantitative estimate of drug-likeness (QED) is 0.405. The lowest BCUT2D eigenvalue weighted by atomic mass is 10.1. The number of amides is 2. The van der Waals surface area contributed by atoms with E-state index in [2.05, 4.69) is 5.32 Å². The van der Waals surface area contributed by atoms with Crippen LogP contribution >= 0.6 is 11.6 Å². The molecule has 1 atom stereocenters. The fraction of sp³-hybridized carbons (Fsp3) is 0.462. The fourth-order valence-corrected chi connectivity index (χ4v) is 4.83. The molecule has 0 bridgehead atoms. The predicted octanol–water partition coefficient (Wildman–Crippen LogP) is 3.70. The number of sulfonamides is 1. The number of nitrogens with zero attached hydrogens (tertiary/aromatic N) is 2. The van der Waals surface area contributed by atoms with Crippen molar-refractivity contribution in [1.82, 2.24) is 10.2 Å². The summed E-state index contributed by atoms with van der Waals surface area (Å²) in [7, 11) is -0.884. The maximum Gasteiger partial charge on any atom is 0.244 e. The largest absolute Gasteiger partial charge is 0.497 e. The number of methoxy groups -OCH3 is 2. The highest BCUT2D eigenvalue weighted by Crippen LogP contribution is 2.30. The number of nitrogens with one attached hydrogen (secondary N) is 1. The van der Waals surface area contributed by atoms with Crippen LogP contribution in [0.3, 0.4) is 0 Å². The molecule has 37 heavy (non-hydrogen) atoms. The number of hydrogen-bond donors (Lipinski definition) is 1. The number of halogens is 1. The molecule has 0 aliphatic heterocycles. The SMILES string of the molecule is CC[C@@H](C(=O)NCC(C)C)N(Cc1cccc(OC)c1)C(=O)CN(c1ccc(OC)c(Cl)c1)S(C)(=O)=O. The van der Waals surface area contributed by atoms with E-state index in [4.69, 9.17) is 21.1 Å². The van der Waals surface area contributed by atoms with Gasteiger partial charge in [0.15, 0.2) is 0 Å². The summed E-state index contributed by atoms with van der Waals surface area (Å²) in [5.74, 6) is 0.368. The van der Waals surface area contributed by atoms with Crippen molar-refractivity contribution in [3.05, 3.63) is 53.1 Å². The Morgan fingerprint density at radius 1 is 1.08 bits per heavy atom. The van der Waals surface area contributed by atoms with Crippen molar-refractivity contribution in [3.63, 3.8) is 0 Å². The Bertz CT molecular complexity index is 1190. The van der Waals surface area contributed by atoms with Crippen LogP contribution < -0.4 is 19.1 Å². The highest BCUT2D eigenvalue weighted by Gasteiger charge is 2.32. The first kappa shape index (κ1) is 30.2. The zero-order valence-corrected chi connectivity index (χ0v) is 23.7. The van der Waals surface area contributed by atoms with E-state index in [0.29, 0.717) is 24.5 Å². The van der Waals surface area contributed by atoms with Crippen molar-refractivity contribution in [2.24, 2.45) is 5.92 Å². The maximum atomic E-state index is 13.7. The Labute approximate surface area is 224 Å². The summed E-state index contributed by atoms with van der Waals surface area (Å²) in [6.45, 7) is 5.79. The Morgan fingerprint density at radius 2 is 1.78 bits per heavy atom. The lowest BCUT2D eigenvalue weighted by Gasteiger charge is -2.33. The van der Waals surface area contributed by atoms with Gasteiger partial charge in [0.05, 0.1) is 31.2 Å². The molecule has 0 aromatic heterocycles. The minimum absolute atomic E-state index is 0.0879. The summed E-state index contributed by atoms with van der Waals surface area (Å²) in [5, 5.41) is 3.09. The minimum Gasteiger partial charge on any atom is -0.497 e. The second-order valence-corrected chi connectivity index (χ2v) is 11.3. The van der Waals surface area contributed by atoms with Crippen LogP contribution in [0.1, 0.15) is 32.8 Å². The van der Waals surface area contributed by atoms with Gasteiger partial charge in [-0.05, 0) is 48.2 Å². The van der Waals surface area contributed by atoms with E-state index in [1.807, 2.05) is 26.8 Å². The van der Waals surface area contributed by atoms with Gasteiger partial charge in [-0.25, -0.2) is 8.42 Å². The van der Waals surface area contributed by atoms with Gasteiger partial charge in [0.2, 0.25) is 21.8 Å². The summed E-state index contributed by atoms with van der Waals surface area (Å²) in [5.41, 5.74) is 0.946. The van der Waals surface area contributed by atoms with Gasteiger partial charge in [-0.2, -0.15) is 0 Å². The average Bonchev–Trinajstić information content (AvgIpc) is 2.85. The number of anilines is 1. The Balaban J connectivity index is 2.46. The van der Waals surface area contributed by atoms with Gasteiger partial charge in [-0.3, -0.25) is 13.9 Å². The molecule has 2 rings (SSSR count). The second kappa shape index (κ2) is 13.5. The molecule has 0 unspecified atom stereocenters. The van der Waals surface area contributed by atoms with E-state index in [0.717, 1.165) is 16.1 Å². The van der Waals surface area contributed by atoms with E-state index in [9.17, 15) is 18.0 Å². The molecule has 1 N–H and O–H groups in total. The van der Waals surface area contributed by atoms with Crippen molar-refractivity contribution >= 4 is 39.1 Å². The van der Waals surface area contributed by atoms with Crippen LogP contribution in [0.5, 0.6) is 11.5 Å². The van der Waals surface area contributed by atoms with Crippen LogP contribution in [-0.4, -0.2) is 64.7 Å². The molecule has 0 saturated carbocycles. The van der Waals surface area contributed by atoms with Crippen molar-refractivity contribution in [2.75, 3.05) is 37.9 Å². The molecular formula is C26H36ClN3O6S. The van der Waals surface area contributed by atoms with Crippen molar-refractivity contribution in [1.29, 1.82) is 0 Å². The Hall–Kier alpha value is -2.98. The average molecular weight is 554 g/mol. The lowest BCUT2D eigenvalue weighted by molar-refractivity contribution is -0.140. The fourth-order valence-electron chi connectivity index (χ4n) is 3.73. The van der Waals surface area contributed by atoms with Gasteiger partial charge < -0.3 is 19.7 Å². The molecule has 2 amide bonds. The van der Waals surface area contributed by atoms with Crippen LogP contribution in [0.15, 0.2) is 42.5 Å². The molecule has 11 heteroatoms. The number of hydrogen-bond acceptors (Lipinski definition) is 6. The maximum absolute atomic E-state index is 13.7. The zero-order valence-electron chi connectivity index (χ0n) is 22.2. The van der Waals surface area contributed by atoms with E-state index < -0.39 is 28.5 Å². The predicted molar refractivity (Wildman–Crippen MR) is 146 cm³/mol. The Morgan fingerprint density at radius 3 is 2.32 bits per heavy atom. The monoisotopic (exact) mass is 553 g/mol. The second-order valence-electron chi connectivity index (χ2n) is 9.02. The van der Waals surface area contributed by atoms with Gasteiger partial charge in [0.25, 0.3) is 0 Å². The third kappa shape index (κ3) is 8.53. The lowest BCUT2D eigenvalue weighted by Crippen LogP contribution is -2.52. The summed E-state index contributed by atoms with van der Waals surface area (Å²) in [6.07, 6.45) is 1.35. The minimum atomic E-state index is -3.87. The summed E-state index contributed by atoms with van der Waals surface area (Å²) >= 11 is 6.23. The first-order valence-corrected chi connectivity index (χ1v) is 14.1. The summed E-state index contributed by atoms with van der Waals surface area (Å²) in [4.78, 5) is 28.3. The molecule has 0 radical (unpaired) electrons. The first-order valence-electron chi connectivity index (χ1n) is 11.9. The van der Waals surface area contributed by atoms with E-state index in [-0.39, 0.29) is 29.1 Å². The molecule has 204 valence electrons. The van der Waals surface area contributed by atoms with E-state index >= 15 is 0 Å². The molecule has 0 fully saturated rings. The van der Waals surface area contributed by atoms with Crippen molar-refractivity contribution in [3.8, 4) is 11.5 Å². The third-order valence-electron chi connectivity index (χ3n) is 5.66. The number of rotatable bonds is 13. The molecule has 9 nitrogen and oxygen atoms in total. The smallest absolute Gasteiger partial charge is 0.244 e. The van der Waals surface area contributed by atoms with E-state index in [1.165, 1.54) is 30.2 Å². The number of ether oxygens (including phenoxy) is 2. The number of benzene rings is 2. The van der Waals surface area contributed by atoms with Crippen molar-refractivity contribution < 1.29 is 27.5 Å². The van der Waals surface area contributed by atoms with Crippen LogP contribution in [0.4, 0.5) is 5.69 Å². The molecule has 0 aliphatic rings. The highest BCUT2D eigenvalue weighted by atomic mass is 35.5. The molecule has 0 saturated heterocycles. The first-order chi connectivity index (χ1) is 17.4. The molecule has 2 aromatic rings. The van der Waals surface area contributed by atoms with Crippen LogP contribution in [-0.2, 0) is 26.2 Å². The van der Waals surface area contributed by atoms with Crippen LogP contribution in [0.2, 0.25) is 5.02 Å². The normalized spacial score (nSPS) is 12.1. The van der Waals surface area contributed by atoms with Crippen LogP contribution in [0.25, 0.3) is 0 Å². The van der Waals surface area contributed by atoms with E-state index in [1.54, 1.807) is 25.3 Å². The van der Waals surface area contributed by atoms with Gasteiger partial charge in [-0.15, -0.1) is 0 Å². The molecule has 0 spiro atoms. The topological polar surface area (TPSA) is 105 Å². The number of carbonyl (C=O) groups is 2. The zero-order chi connectivity index (χ0) is 27.8. The van der Waals surface area contributed by atoms with Gasteiger partial charge in [0, 0.05) is 13.1 Å². The molecule has 0 heterocycles. The van der Waals surface area contributed by atoms with Crippen LogP contribution in [0, 0.1) is 5.92 Å². The summed E-state index contributed by atoms with van der Waals surface area (Å²) < 4.78 is 36.9. The number of carbonyl (C=O) groups excluding carboxylic acids is 2. The van der Waals surface area contributed by atoms with Gasteiger partial charge in [0.1, 0.15) is 24.1 Å². The van der Waals surface area contributed by atoms with Crippen molar-refractivity contribution in [2.45, 2.75) is 39.8 Å².